The van der Waals surface area contributed by atoms with Crippen LogP contribution in [0.15, 0.2) is 15.5 Å². The number of alkyl halides is 1. The smallest absolute Gasteiger partial charge is 0.322 e. The van der Waals surface area contributed by atoms with Gasteiger partial charge in [-0.15, -0.1) is 0 Å². The van der Waals surface area contributed by atoms with Crippen molar-refractivity contribution in [3.05, 3.63) is 17.6 Å². The molecule has 0 spiro atoms. The highest BCUT2D eigenvalue weighted by atomic mass is 19.1. The Morgan fingerprint density at radius 2 is 2.00 bits per heavy atom. The molecule has 0 aromatic carbocycles. The monoisotopic (exact) mass is 395 g/mol. The van der Waals surface area contributed by atoms with Crippen LogP contribution in [0, 0.1) is 0 Å². The molecule has 0 saturated carbocycles. The van der Waals surface area contributed by atoms with E-state index in [4.69, 9.17) is 4.42 Å². The van der Waals surface area contributed by atoms with Gasteiger partial charge in [-0.1, -0.05) is 20.8 Å². The van der Waals surface area contributed by atoms with Crippen molar-refractivity contribution in [1.82, 2.24) is 20.4 Å². The van der Waals surface area contributed by atoms with E-state index in [9.17, 15) is 14.0 Å². The number of rotatable bonds is 10. The molecule has 2 N–H and O–H groups in total. The molecule has 1 aliphatic heterocycles. The minimum absolute atomic E-state index is 0.292. The summed E-state index contributed by atoms with van der Waals surface area (Å²) in [6, 6.07) is 0.139. The van der Waals surface area contributed by atoms with Gasteiger partial charge in [0.05, 0.1) is 0 Å². The summed E-state index contributed by atoms with van der Waals surface area (Å²) in [4.78, 5) is 31.7. The van der Waals surface area contributed by atoms with Crippen LogP contribution in [0.5, 0.6) is 0 Å². The highest BCUT2D eigenvalue weighted by Gasteiger charge is 2.34. The van der Waals surface area contributed by atoms with Gasteiger partial charge < -0.3 is 19.5 Å². The van der Waals surface area contributed by atoms with Crippen molar-refractivity contribution < 1.29 is 18.4 Å². The summed E-state index contributed by atoms with van der Waals surface area (Å²) < 4.78 is 19.4. The molecule has 1 saturated heterocycles. The minimum Gasteiger partial charge on any atom is -0.461 e. The molecule has 9 heteroatoms. The number of hydrogen-bond acceptors (Lipinski definition) is 5. The number of aryl methyl sites for hydroxylation is 1. The number of urea groups is 1. The molecule has 1 aromatic heterocycles. The number of amides is 3. The van der Waals surface area contributed by atoms with Gasteiger partial charge in [0, 0.05) is 32.6 Å². The normalized spacial score (nSPS) is 17.2. The first-order valence-electron chi connectivity index (χ1n) is 9.74. The Bertz CT molecular complexity index is 718. The zero-order valence-corrected chi connectivity index (χ0v) is 17.0. The number of carbonyl (C=O) groups excluding carboxylic acids is 2. The van der Waals surface area contributed by atoms with Gasteiger partial charge in [-0.2, -0.15) is 0 Å². The van der Waals surface area contributed by atoms with E-state index in [1.807, 2.05) is 14.0 Å². The third-order valence-electron chi connectivity index (χ3n) is 4.73. The molecule has 1 fully saturated rings. The fraction of sp³-hybridized carbons (Fsp3) is 0.632. The standard InChI is InChI=1S/C19H30FN5O3/c1-5-8-25(7-3)10-9-24(4)16(12-20)21-13-11-15(28-14(13)6-2)17-18(26)23-19(27)22-17/h11,17H,5-10,12H2,1-4H3,(H2,22,23,26,27). The van der Waals surface area contributed by atoms with Gasteiger partial charge in [0.2, 0.25) is 0 Å². The van der Waals surface area contributed by atoms with E-state index in [-0.39, 0.29) is 0 Å². The van der Waals surface area contributed by atoms with Gasteiger partial charge in [0.15, 0.2) is 6.04 Å². The van der Waals surface area contributed by atoms with Crippen LogP contribution in [-0.4, -0.2) is 67.5 Å². The van der Waals surface area contributed by atoms with E-state index in [0.29, 0.717) is 36.0 Å². The molecule has 1 aromatic rings. The largest absolute Gasteiger partial charge is 0.461 e. The van der Waals surface area contributed by atoms with Crippen molar-refractivity contribution >= 4 is 23.5 Å². The molecule has 1 aliphatic rings. The van der Waals surface area contributed by atoms with Crippen molar-refractivity contribution in [2.24, 2.45) is 4.99 Å². The number of nitrogens with zero attached hydrogens (tertiary/aromatic N) is 3. The Balaban J connectivity index is 2.16. The second kappa shape index (κ2) is 10.2. The van der Waals surface area contributed by atoms with Crippen LogP contribution in [0.2, 0.25) is 0 Å². The number of halogens is 1. The quantitative estimate of drug-likeness (QED) is 0.361. The number of furan rings is 1. The van der Waals surface area contributed by atoms with Gasteiger partial charge in [0.1, 0.15) is 29.7 Å². The number of likely N-dealkylation sites (N-methyl/N-ethyl adjacent to an activating group) is 2. The SMILES string of the molecule is CCCN(CC)CCN(C)C(CF)=Nc1cc(C2NC(=O)NC2=O)oc1CC. The first kappa shape index (κ1) is 21.9. The Kier molecular flexibility index (Phi) is 7.98. The van der Waals surface area contributed by atoms with E-state index >= 15 is 0 Å². The summed E-state index contributed by atoms with van der Waals surface area (Å²) in [7, 11) is 1.81. The summed E-state index contributed by atoms with van der Waals surface area (Å²) in [5, 5.41) is 4.66. The molecule has 2 heterocycles. The predicted molar refractivity (Wildman–Crippen MR) is 106 cm³/mol. The van der Waals surface area contributed by atoms with Crippen molar-refractivity contribution in [2.45, 2.75) is 39.7 Å². The van der Waals surface area contributed by atoms with Gasteiger partial charge in [-0.25, -0.2) is 14.2 Å². The average Bonchev–Trinajstić information content (AvgIpc) is 3.24. The maximum Gasteiger partial charge on any atom is 0.322 e. The van der Waals surface area contributed by atoms with E-state index in [1.54, 1.807) is 11.0 Å². The molecule has 0 bridgehead atoms. The van der Waals surface area contributed by atoms with Gasteiger partial charge >= 0.3 is 6.03 Å². The Morgan fingerprint density at radius 3 is 2.54 bits per heavy atom. The number of carbonyl (C=O) groups is 2. The number of hydrogen-bond donors (Lipinski definition) is 2. The van der Waals surface area contributed by atoms with E-state index in [1.165, 1.54) is 0 Å². The van der Waals surface area contributed by atoms with Gasteiger partial charge in [-0.3, -0.25) is 10.1 Å². The topological polar surface area (TPSA) is 90.2 Å². The summed E-state index contributed by atoms with van der Waals surface area (Å²) in [6.07, 6.45) is 1.61. The lowest BCUT2D eigenvalue weighted by molar-refractivity contribution is -0.120. The zero-order chi connectivity index (χ0) is 20.7. The minimum atomic E-state index is -0.888. The van der Waals surface area contributed by atoms with Crippen LogP contribution in [0.25, 0.3) is 0 Å². The van der Waals surface area contributed by atoms with Crippen LogP contribution < -0.4 is 10.6 Å². The molecular weight excluding hydrogens is 365 g/mol. The van der Waals surface area contributed by atoms with Crippen LogP contribution in [0.3, 0.4) is 0 Å². The molecule has 1 atom stereocenters. The van der Waals surface area contributed by atoms with Gasteiger partial charge in [0.25, 0.3) is 5.91 Å². The van der Waals surface area contributed by atoms with E-state index in [0.717, 1.165) is 26.1 Å². The van der Waals surface area contributed by atoms with E-state index in [2.05, 4.69) is 34.4 Å². The fourth-order valence-electron chi connectivity index (χ4n) is 3.07. The van der Waals surface area contributed by atoms with Crippen molar-refractivity contribution in [1.29, 1.82) is 0 Å². The van der Waals surface area contributed by atoms with Crippen LogP contribution in [0.1, 0.15) is 44.8 Å². The first-order valence-corrected chi connectivity index (χ1v) is 9.74. The molecule has 2 rings (SSSR count). The highest BCUT2D eigenvalue weighted by molar-refractivity contribution is 6.04. The highest BCUT2D eigenvalue weighted by Crippen LogP contribution is 2.30. The van der Waals surface area contributed by atoms with Crippen molar-refractivity contribution in [2.75, 3.05) is 39.9 Å². The van der Waals surface area contributed by atoms with Crippen LogP contribution in [0.4, 0.5) is 14.9 Å². The average molecular weight is 395 g/mol. The molecule has 3 amide bonds. The Morgan fingerprint density at radius 1 is 1.25 bits per heavy atom. The summed E-state index contributed by atoms with van der Waals surface area (Å²) in [5.74, 6) is 0.661. The summed E-state index contributed by atoms with van der Waals surface area (Å²) >= 11 is 0. The number of nitrogens with one attached hydrogen (secondary N) is 2. The van der Waals surface area contributed by atoms with Crippen LogP contribution >= 0.6 is 0 Å². The lowest BCUT2D eigenvalue weighted by atomic mass is 10.2. The molecule has 8 nitrogen and oxygen atoms in total. The predicted octanol–water partition coefficient (Wildman–Crippen LogP) is 2.39. The maximum absolute atomic E-state index is 13.7. The fourth-order valence-corrected chi connectivity index (χ4v) is 3.07. The maximum atomic E-state index is 13.7. The van der Waals surface area contributed by atoms with Crippen molar-refractivity contribution in [3.63, 3.8) is 0 Å². The van der Waals surface area contributed by atoms with E-state index < -0.39 is 24.7 Å². The molecule has 0 aliphatic carbocycles. The zero-order valence-electron chi connectivity index (χ0n) is 17.0. The lowest BCUT2D eigenvalue weighted by Gasteiger charge is -2.25. The van der Waals surface area contributed by atoms with Crippen LogP contribution in [-0.2, 0) is 11.2 Å². The first-order chi connectivity index (χ1) is 13.4. The van der Waals surface area contributed by atoms with Crippen molar-refractivity contribution in [3.8, 4) is 0 Å². The van der Waals surface area contributed by atoms with Gasteiger partial charge in [-0.05, 0) is 19.5 Å². The lowest BCUT2D eigenvalue weighted by Crippen LogP contribution is -2.37. The second-order valence-electron chi connectivity index (χ2n) is 6.72. The second-order valence-corrected chi connectivity index (χ2v) is 6.72. The number of aliphatic imine (C=N–C) groups is 1. The molecule has 156 valence electrons. The summed E-state index contributed by atoms with van der Waals surface area (Å²) in [5.41, 5.74) is 0.479. The summed E-state index contributed by atoms with van der Waals surface area (Å²) in [6.45, 7) is 8.86. The number of imide groups is 1. The number of amidine groups is 1. The molecule has 28 heavy (non-hydrogen) atoms. The Hall–Kier alpha value is -2.42. The molecule has 0 radical (unpaired) electrons. The molecule has 1 unspecified atom stereocenters. The third-order valence-corrected chi connectivity index (χ3v) is 4.73. The molecular formula is C19H30FN5O3. The Labute approximate surface area is 165 Å². The third kappa shape index (κ3) is 5.31.